The van der Waals surface area contributed by atoms with Gasteiger partial charge in [-0.15, -0.1) is 0 Å². The van der Waals surface area contributed by atoms with Crippen LogP contribution >= 0.6 is 11.6 Å². The average Bonchev–Trinajstić information content (AvgIpc) is 2.94. The molecule has 20 heavy (non-hydrogen) atoms. The molecule has 0 radical (unpaired) electrons. The summed E-state index contributed by atoms with van der Waals surface area (Å²) in [6.07, 6.45) is 1.38. The first-order chi connectivity index (χ1) is 9.69. The van der Waals surface area contributed by atoms with Gasteiger partial charge in [0, 0.05) is 5.56 Å². The molecule has 0 aliphatic carbocycles. The normalized spacial score (nSPS) is 10.7. The Morgan fingerprint density at radius 2 is 2.15 bits per heavy atom. The number of hydrogen-bond acceptors (Lipinski definition) is 5. The fourth-order valence-electron chi connectivity index (χ4n) is 1.86. The predicted molar refractivity (Wildman–Crippen MR) is 73.6 cm³/mol. The highest BCUT2D eigenvalue weighted by Crippen LogP contribution is 2.25. The average molecular weight is 289 g/mol. The van der Waals surface area contributed by atoms with Gasteiger partial charge in [-0.3, -0.25) is 0 Å². The van der Waals surface area contributed by atoms with Crippen molar-refractivity contribution < 1.29 is 13.9 Å². The lowest BCUT2D eigenvalue weighted by Crippen LogP contribution is -2.05. The van der Waals surface area contributed by atoms with E-state index in [2.05, 4.69) is 14.7 Å². The SMILES string of the molecule is COC(=O)c1nc(-c2ccc3ncoc3c2)ccc1Cl. The van der Waals surface area contributed by atoms with Crippen molar-refractivity contribution in [2.24, 2.45) is 0 Å². The van der Waals surface area contributed by atoms with Gasteiger partial charge in [-0.2, -0.15) is 0 Å². The molecule has 0 bridgehead atoms. The Kier molecular flexibility index (Phi) is 3.12. The molecule has 0 saturated carbocycles. The molecule has 0 amide bonds. The summed E-state index contributed by atoms with van der Waals surface area (Å²) in [6.45, 7) is 0. The number of esters is 1. The van der Waals surface area contributed by atoms with Crippen molar-refractivity contribution in [3.05, 3.63) is 47.4 Å². The molecule has 2 aromatic heterocycles. The highest BCUT2D eigenvalue weighted by atomic mass is 35.5. The largest absolute Gasteiger partial charge is 0.464 e. The molecule has 0 fully saturated rings. The number of ether oxygens (including phenoxy) is 1. The maximum atomic E-state index is 11.6. The van der Waals surface area contributed by atoms with E-state index < -0.39 is 5.97 Å². The van der Waals surface area contributed by atoms with E-state index in [1.165, 1.54) is 13.5 Å². The summed E-state index contributed by atoms with van der Waals surface area (Å²) in [7, 11) is 1.29. The Hall–Kier alpha value is -2.40. The molecule has 0 unspecified atom stereocenters. The van der Waals surface area contributed by atoms with E-state index in [1.807, 2.05) is 12.1 Å². The zero-order valence-corrected chi connectivity index (χ0v) is 11.2. The number of nitrogens with zero attached hydrogens (tertiary/aromatic N) is 2. The lowest BCUT2D eigenvalue weighted by molar-refractivity contribution is 0.0594. The topological polar surface area (TPSA) is 65.2 Å². The van der Waals surface area contributed by atoms with Crippen molar-refractivity contribution in [3.8, 4) is 11.3 Å². The second kappa shape index (κ2) is 4.94. The maximum Gasteiger partial charge on any atom is 0.358 e. The fraction of sp³-hybridized carbons (Fsp3) is 0.0714. The molecule has 1 aromatic carbocycles. The first-order valence-corrected chi connectivity index (χ1v) is 6.15. The third-order valence-electron chi connectivity index (χ3n) is 2.85. The van der Waals surface area contributed by atoms with Gasteiger partial charge in [-0.25, -0.2) is 14.8 Å². The number of rotatable bonds is 2. The van der Waals surface area contributed by atoms with Gasteiger partial charge in [0.25, 0.3) is 0 Å². The van der Waals surface area contributed by atoms with Gasteiger partial charge < -0.3 is 9.15 Å². The highest BCUT2D eigenvalue weighted by molar-refractivity contribution is 6.33. The molecule has 0 atom stereocenters. The van der Waals surface area contributed by atoms with Crippen molar-refractivity contribution in [2.45, 2.75) is 0 Å². The van der Waals surface area contributed by atoms with Crippen LogP contribution in [0.5, 0.6) is 0 Å². The molecule has 3 rings (SSSR count). The quantitative estimate of drug-likeness (QED) is 0.677. The minimum Gasteiger partial charge on any atom is -0.464 e. The Morgan fingerprint density at radius 1 is 1.30 bits per heavy atom. The first-order valence-electron chi connectivity index (χ1n) is 5.77. The van der Waals surface area contributed by atoms with E-state index in [1.54, 1.807) is 18.2 Å². The van der Waals surface area contributed by atoms with Crippen LogP contribution in [-0.4, -0.2) is 23.0 Å². The third kappa shape index (κ3) is 2.12. The van der Waals surface area contributed by atoms with Gasteiger partial charge in [0.2, 0.25) is 0 Å². The minimum atomic E-state index is -0.572. The fourth-order valence-corrected chi connectivity index (χ4v) is 2.04. The van der Waals surface area contributed by atoms with E-state index in [0.717, 1.165) is 11.1 Å². The summed E-state index contributed by atoms with van der Waals surface area (Å²) in [5, 5.41) is 0.251. The number of pyridine rings is 1. The van der Waals surface area contributed by atoms with Crippen LogP contribution in [0, 0.1) is 0 Å². The zero-order chi connectivity index (χ0) is 14.1. The van der Waals surface area contributed by atoms with Crippen LogP contribution < -0.4 is 0 Å². The van der Waals surface area contributed by atoms with E-state index in [0.29, 0.717) is 11.3 Å². The number of halogens is 1. The van der Waals surface area contributed by atoms with E-state index in [9.17, 15) is 4.79 Å². The number of benzene rings is 1. The molecule has 0 aliphatic heterocycles. The van der Waals surface area contributed by atoms with Crippen LogP contribution in [0.3, 0.4) is 0 Å². The Morgan fingerprint density at radius 3 is 2.95 bits per heavy atom. The minimum absolute atomic E-state index is 0.0873. The molecule has 2 heterocycles. The van der Waals surface area contributed by atoms with Gasteiger partial charge in [0.05, 0.1) is 17.8 Å². The van der Waals surface area contributed by atoms with Gasteiger partial charge >= 0.3 is 5.97 Å². The number of fused-ring (bicyclic) bond motifs is 1. The number of carbonyl (C=O) groups is 1. The molecular formula is C14H9ClN2O3. The lowest BCUT2D eigenvalue weighted by Gasteiger charge is -2.05. The second-order valence-electron chi connectivity index (χ2n) is 4.05. The zero-order valence-electron chi connectivity index (χ0n) is 10.5. The number of aromatic nitrogens is 2. The molecule has 0 spiro atoms. The van der Waals surface area contributed by atoms with E-state index in [4.69, 9.17) is 16.0 Å². The van der Waals surface area contributed by atoms with Crippen molar-refractivity contribution in [3.63, 3.8) is 0 Å². The van der Waals surface area contributed by atoms with Crippen LogP contribution in [0.25, 0.3) is 22.4 Å². The van der Waals surface area contributed by atoms with E-state index >= 15 is 0 Å². The van der Waals surface area contributed by atoms with Gasteiger partial charge in [0.1, 0.15) is 5.52 Å². The van der Waals surface area contributed by atoms with Crippen molar-refractivity contribution in [1.82, 2.24) is 9.97 Å². The smallest absolute Gasteiger partial charge is 0.358 e. The molecule has 6 heteroatoms. The molecule has 5 nitrogen and oxygen atoms in total. The molecular weight excluding hydrogens is 280 g/mol. The summed E-state index contributed by atoms with van der Waals surface area (Å²) in [4.78, 5) is 19.9. The molecule has 0 saturated heterocycles. The number of methoxy groups -OCH3 is 1. The molecule has 0 aliphatic rings. The molecule has 100 valence electrons. The van der Waals surface area contributed by atoms with E-state index in [-0.39, 0.29) is 10.7 Å². The van der Waals surface area contributed by atoms with Crippen molar-refractivity contribution in [1.29, 1.82) is 0 Å². The van der Waals surface area contributed by atoms with Gasteiger partial charge in [-0.05, 0) is 24.3 Å². The summed E-state index contributed by atoms with van der Waals surface area (Å²) in [5.74, 6) is -0.572. The van der Waals surface area contributed by atoms with Crippen molar-refractivity contribution >= 4 is 28.7 Å². The maximum absolute atomic E-state index is 11.6. The van der Waals surface area contributed by atoms with Crippen molar-refractivity contribution in [2.75, 3.05) is 7.11 Å². The van der Waals surface area contributed by atoms with Crippen LogP contribution in [-0.2, 0) is 4.74 Å². The summed E-state index contributed by atoms with van der Waals surface area (Å²) in [5.41, 5.74) is 2.91. The van der Waals surface area contributed by atoms with Gasteiger partial charge in [0.15, 0.2) is 17.7 Å². The van der Waals surface area contributed by atoms with Crippen LogP contribution in [0.1, 0.15) is 10.5 Å². The van der Waals surface area contributed by atoms with Gasteiger partial charge in [-0.1, -0.05) is 17.7 Å². The number of oxazole rings is 1. The summed E-state index contributed by atoms with van der Waals surface area (Å²) >= 11 is 5.94. The van der Waals surface area contributed by atoms with Crippen LogP contribution in [0.15, 0.2) is 41.1 Å². The van der Waals surface area contributed by atoms with Crippen LogP contribution in [0.4, 0.5) is 0 Å². The Labute approximate surface area is 119 Å². The molecule has 0 N–H and O–H groups in total. The standard InChI is InChI=1S/C14H9ClN2O3/c1-19-14(18)13-9(15)3-5-10(17-13)8-2-4-11-12(6-8)20-7-16-11/h2-7H,1H3. The molecule has 3 aromatic rings. The number of hydrogen-bond donors (Lipinski definition) is 0. The van der Waals surface area contributed by atoms with Crippen LogP contribution in [0.2, 0.25) is 5.02 Å². The lowest BCUT2D eigenvalue weighted by atomic mass is 10.1. The second-order valence-corrected chi connectivity index (χ2v) is 4.46. The number of carbonyl (C=O) groups excluding carboxylic acids is 1. The Balaban J connectivity index is 2.11. The summed E-state index contributed by atoms with van der Waals surface area (Å²) < 4.78 is 9.90. The predicted octanol–water partition coefficient (Wildman–Crippen LogP) is 3.33. The highest BCUT2D eigenvalue weighted by Gasteiger charge is 2.14. The Bertz CT molecular complexity index is 798. The third-order valence-corrected chi connectivity index (χ3v) is 3.16. The first kappa shape index (κ1) is 12.6. The summed E-state index contributed by atoms with van der Waals surface area (Å²) in [6, 6.07) is 8.82. The monoisotopic (exact) mass is 288 g/mol.